The summed E-state index contributed by atoms with van der Waals surface area (Å²) < 4.78 is 15.0. The molecule has 0 aliphatic rings. The van der Waals surface area contributed by atoms with Gasteiger partial charge in [0.15, 0.2) is 5.82 Å². The number of benzene rings is 1. The van der Waals surface area contributed by atoms with E-state index in [0.717, 1.165) is 4.52 Å². The number of anilines is 1. The zero-order valence-electron chi connectivity index (χ0n) is 10.0. The van der Waals surface area contributed by atoms with Gasteiger partial charge in [0.05, 0.1) is 5.56 Å². The predicted octanol–water partition coefficient (Wildman–Crippen LogP) is 1.11. The summed E-state index contributed by atoms with van der Waals surface area (Å²) in [6.45, 7) is 1.69. The fourth-order valence-corrected chi connectivity index (χ4v) is 1.84. The highest BCUT2D eigenvalue weighted by molar-refractivity contribution is 5.61. The van der Waals surface area contributed by atoms with Gasteiger partial charge in [-0.2, -0.15) is 9.50 Å². The molecule has 0 unspecified atom stereocenters. The average molecular weight is 259 g/mol. The van der Waals surface area contributed by atoms with Crippen LogP contribution in [-0.2, 0) is 0 Å². The van der Waals surface area contributed by atoms with Crippen LogP contribution in [0, 0.1) is 12.7 Å². The number of nitrogens with zero attached hydrogens (tertiary/aromatic N) is 3. The van der Waals surface area contributed by atoms with Crippen LogP contribution in [0.2, 0.25) is 0 Å². The van der Waals surface area contributed by atoms with E-state index in [2.05, 4.69) is 15.1 Å². The monoisotopic (exact) mass is 259 g/mol. The van der Waals surface area contributed by atoms with E-state index in [0.29, 0.717) is 11.4 Å². The molecule has 0 spiro atoms. The first kappa shape index (κ1) is 11.4. The van der Waals surface area contributed by atoms with Gasteiger partial charge in [-0.3, -0.25) is 9.89 Å². The van der Waals surface area contributed by atoms with E-state index in [9.17, 15) is 9.18 Å². The number of aromatic nitrogens is 4. The van der Waals surface area contributed by atoms with E-state index >= 15 is 0 Å². The third-order valence-corrected chi connectivity index (χ3v) is 2.71. The maximum Gasteiger partial charge on any atom is 0.274 e. The molecule has 0 aliphatic heterocycles. The van der Waals surface area contributed by atoms with Gasteiger partial charge in [0, 0.05) is 17.4 Å². The molecule has 2 aromatic heterocycles. The van der Waals surface area contributed by atoms with Crippen molar-refractivity contribution in [1.29, 1.82) is 0 Å². The number of fused-ring (bicyclic) bond motifs is 1. The molecule has 0 bridgehead atoms. The molecule has 7 heteroatoms. The quantitative estimate of drug-likeness (QED) is 0.641. The molecule has 0 saturated carbocycles. The van der Waals surface area contributed by atoms with E-state index < -0.39 is 5.82 Å². The minimum Gasteiger partial charge on any atom is -0.399 e. The van der Waals surface area contributed by atoms with Gasteiger partial charge in [-0.15, -0.1) is 0 Å². The number of hydrogen-bond acceptors (Lipinski definition) is 4. The maximum absolute atomic E-state index is 13.8. The van der Waals surface area contributed by atoms with Crippen LogP contribution < -0.4 is 11.3 Å². The smallest absolute Gasteiger partial charge is 0.274 e. The molecule has 19 heavy (non-hydrogen) atoms. The van der Waals surface area contributed by atoms with E-state index in [1.807, 2.05) is 0 Å². The van der Waals surface area contributed by atoms with Gasteiger partial charge in [0.2, 0.25) is 0 Å². The average Bonchev–Trinajstić information content (AvgIpc) is 2.72. The first-order valence-corrected chi connectivity index (χ1v) is 5.56. The van der Waals surface area contributed by atoms with Crippen molar-refractivity contribution in [2.45, 2.75) is 6.92 Å². The first-order valence-electron chi connectivity index (χ1n) is 5.56. The van der Waals surface area contributed by atoms with E-state index in [4.69, 9.17) is 5.73 Å². The van der Waals surface area contributed by atoms with Crippen molar-refractivity contribution in [3.63, 3.8) is 0 Å². The summed E-state index contributed by atoms with van der Waals surface area (Å²) in [6.07, 6.45) is 0. The Morgan fingerprint density at radius 3 is 2.84 bits per heavy atom. The molecule has 0 radical (unpaired) electrons. The maximum atomic E-state index is 13.8. The summed E-state index contributed by atoms with van der Waals surface area (Å²) in [4.78, 5) is 19.9. The topological polar surface area (TPSA) is 89.1 Å². The highest BCUT2D eigenvalue weighted by Gasteiger charge is 2.12. The molecule has 0 aliphatic carbocycles. The van der Waals surface area contributed by atoms with E-state index in [1.165, 1.54) is 18.2 Å². The van der Waals surface area contributed by atoms with Crippen molar-refractivity contribution >= 4 is 11.5 Å². The zero-order chi connectivity index (χ0) is 13.6. The van der Waals surface area contributed by atoms with Crippen LogP contribution in [0.15, 0.2) is 29.1 Å². The Hall–Kier alpha value is -2.70. The van der Waals surface area contributed by atoms with Crippen LogP contribution in [0.25, 0.3) is 17.2 Å². The standard InChI is InChI=1S/C12H10FN5O/c1-6-4-10(19)18-12(15-6)16-11(17-18)8-3-2-7(14)5-9(8)13/h2-5H,14H2,1H3,(H,15,16,17). The summed E-state index contributed by atoms with van der Waals surface area (Å²) in [5.74, 6) is -0.0762. The Labute approximate surface area is 106 Å². The van der Waals surface area contributed by atoms with Gasteiger partial charge in [0.25, 0.3) is 11.3 Å². The lowest BCUT2D eigenvalue weighted by Gasteiger charge is -1.99. The second kappa shape index (κ2) is 3.91. The van der Waals surface area contributed by atoms with Gasteiger partial charge in [0.1, 0.15) is 5.82 Å². The molecular weight excluding hydrogens is 249 g/mol. The molecule has 2 heterocycles. The van der Waals surface area contributed by atoms with Crippen molar-refractivity contribution < 1.29 is 4.39 Å². The molecule has 1 aromatic carbocycles. The van der Waals surface area contributed by atoms with Gasteiger partial charge >= 0.3 is 0 Å². The Kier molecular flexibility index (Phi) is 2.34. The summed E-state index contributed by atoms with van der Waals surface area (Å²) in [7, 11) is 0. The molecule has 0 fully saturated rings. The van der Waals surface area contributed by atoms with Crippen LogP contribution >= 0.6 is 0 Å². The molecule has 0 amide bonds. The number of nitrogens with one attached hydrogen (secondary N) is 1. The van der Waals surface area contributed by atoms with Crippen molar-refractivity contribution in [2.24, 2.45) is 0 Å². The lowest BCUT2D eigenvalue weighted by Crippen LogP contribution is -2.14. The van der Waals surface area contributed by atoms with E-state index in [-0.39, 0.29) is 22.7 Å². The van der Waals surface area contributed by atoms with Crippen LogP contribution in [-0.4, -0.2) is 19.6 Å². The molecule has 3 rings (SSSR count). The number of halogens is 1. The predicted molar refractivity (Wildman–Crippen MR) is 68.2 cm³/mol. The molecule has 3 N–H and O–H groups in total. The molecule has 3 aromatic rings. The SMILES string of the molecule is Cc1cc(=O)n2[nH]c(-c3ccc(N)cc3F)nc2n1. The minimum atomic E-state index is -0.510. The third-order valence-electron chi connectivity index (χ3n) is 2.71. The normalized spacial score (nSPS) is 11.1. The first-order chi connectivity index (χ1) is 9.04. The molecule has 0 atom stereocenters. The number of hydrogen-bond donors (Lipinski definition) is 2. The highest BCUT2D eigenvalue weighted by Crippen LogP contribution is 2.21. The van der Waals surface area contributed by atoms with Crippen LogP contribution in [0.4, 0.5) is 10.1 Å². The Morgan fingerprint density at radius 1 is 1.32 bits per heavy atom. The minimum absolute atomic E-state index is 0.205. The van der Waals surface area contributed by atoms with Gasteiger partial charge in [-0.05, 0) is 25.1 Å². The number of nitrogen functional groups attached to an aromatic ring is 1. The van der Waals surface area contributed by atoms with Crippen molar-refractivity contribution in [2.75, 3.05) is 5.73 Å². The fourth-order valence-electron chi connectivity index (χ4n) is 1.84. The fraction of sp³-hybridized carbons (Fsp3) is 0.0833. The third kappa shape index (κ3) is 1.85. The Morgan fingerprint density at radius 2 is 2.11 bits per heavy atom. The summed E-state index contributed by atoms with van der Waals surface area (Å²) in [5.41, 5.74) is 6.30. The lowest BCUT2D eigenvalue weighted by atomic mass is 10.2. The van der Waals surface area contributed by atoms with E-state index in [1.54, 1.807) is 13.0 Å². The number of nitrogens with two attached hydrogens (primary N) is 1. The van der Waals surface area contributed by atoms with Crippen LogP contribution in [0.1, 0.15) is 5.69 Å². The number of aryl methyl sites for hydroxylation is 1. The lowest BCUT2D eigenvalue weighted by molar-refractivity contribution is 0.630. The second-order valence-electron chi connectivity index (χ2n) is 4.18. The number of rotatable bonds is 1. The molecule has 96 valence electrons. The summed E-state index contributed by atoms with van der Waals surface area (Å²) in [5, 5.41) is 2.72. The Bertz CT molecular complexity index is 836. The zero-order valence-corrected chi connectivity index (χ0v) is 10.0. The molecule has 0 saturated heterocycles. The van der Waals surface area contributed by atoms with Crippen LogP contribution in [0.3, 0.4) is 0 Å². The number of aromatic amines is 1. The van der Waals surface area contributed by atoms with Crippen molar-refractivity contribution in [3.8, 4) is 11.4 Å². The van der Waals surface area contributed by atoms with Crippen molar-refractivity contribution in [1.82, 2.24) is 19.6 Å². The second-order valence-corrected chi connectivity index (χ2v) is 4.18. The van der Waals surface area contributed by atoms with Gasteiger partial charge < -0.3 is 5.73 Å². The summed E-state index contributed by atoms with van der Waals surface area (Å²) in [6, 6.07) is 5.63. The number of H-pyrrole nitrogens is 1. The molecular formula is C12H10FN5O. The highest BCUT2D eigenvalue weighted by atomic mass is 19.1. The van der Waals surface area contributed by atoms with Crippen LogP contribution in [0.5, 0.6) is 0 Å². The van der Waals surface area contributed by atoms with Crippen molar-refractivity contribution in [3.05, 3.63) is 46.1 Å². The van der Waals surface area contributed by atoms with Gasteiger partial charge in [-0.1, -0.05) is 0 Å². The molecule has 6 nitrogen and oxygen atoms in total. The summed E-state index contributed by atoms with van der Waals surface area (Å²) >= 11 is 0. The Balaban J connectivity index is 2.26. The largest absolute Gasteiger partial charge is 0.399 e. The van der Waals surface area contributed by atoms with Gasteiger partial charge in [-0.25, -0.2) is 9.37 Å².